The third-order valence-electron chi connectivity index (χ3n) is 7.26. The maximum Gasteiger partial charge on any atom is 0.273 e. The Hall–Kier alpha value is -3.64. The fourth-order valence-corrected chi connectivity index (χ4v) is 5.22. The van der Waals surface area contributed by atoms with Gasteiger partial charge in [-0.2, -0.15) is 5.26 Å². The smallest absolute Gasteiger partial charge is 0.273 e. The molecule has 0 atom stereocenters. The van der Waals surface area contributed by atoms with Gasteiger partial charge in [0.15, 0.2) is 0 Å². The molecule has 2 aromatic rings. The zero-order valence-electron chi connectivity index (χ0n) is 20.8. The summed E-state index contributed by atoms with van der Waals surface area (Å²) in [5.41, 5.74) is 2.08. The van der Waals surface area contributed by atoms with Crippen LogP contribution in [0.1, 0.15) is 37.7 Å². The van der Waals surface area contributed by atoms with Gasteiger partial charge in [-0.3, -0.25) is 19.8 Å². The molecule has 2 aliphatic rings. The molecule has 1 saturated carbocycles. The van der Waals surface area contributed by atoms with Crippen molar-refractivity contribution in [3.8, 4) is 11.8 Å². The van der Waals surface area contributed by atoms with E-state index in [0.29, 0.717) is 30.1 Å². The fourth-order valence-electron chi connectivity index (χ4n) is 5.22. The van der Waals surface area contributed by atoms with Gasteiger partial charge >= 0.3 is 0 Å². The minimum Gasteiger partial charge on any atom is -0.494 e. The third kappa shape index (κ3) is 5.77. The molecule has 0 aromatic heterocycles. The lowest BCUT2D eigenvalue weighted by Gasteiger charge is -2.38. The number of anilines is 2. The number of nitriles is 1. The van der Waals surface area contributed by atoms with Gasteiger partial charge < -0.3 is 14.5 Å². The van der Waals surface area contributed by atoms with Crippen LogP contribution >= 0.6 is 0 Å². The maximum absolute atomic E-state index is 13.6. The number of ether oxygens (including phenoxy) is 1. The van der Waals surface area contributed by atoms with Crippen molar-refractivity contribution in [2.75, 3.05) is 56.2 Å². The molecule has 9 nitrogen and oxygen atoms in total. The van der Waals surface area contributed by atoms with Crippen LogP contribution < -0.4 is 14.5 Å². The monoisotopic (exact) mass is 491 g/mol. The van der Waals surface area contributed by atoms with Crippen molar-refractivity contribution < 1.29 is 14.5 Å². The molecular weight excluding hydrogens is 458 g/mol. The predicted molar refractivity (Wildman–Crippen MR) is 138 cm³/mol. The summed E-state index contributed by atoms with van der Waals surface area (Å²) in [5.74, 6) is 0.651. The quantitative estimate of drug-likeness (QED) is 0.402. The van der Waals surface area contributed by atoms with Crippen molar-refractivity contribution in [2.45, 2.75) is 32.1 Å². The highest BCUT2D eigenvalue weighted by Gasteiger charge is 2.29. The molecule has 190 valence electrons. The van der Waals surface area contributed by atoms with Crippen LogP contribution in [-0.2, 0) is 4.79 Å². The molecular formula is C27H33N5O4. The number of amides is 1. The Morgan fingerprint density at radius 3 is 2.53 bits per heavy atom. The number of hydrogen-bond donors (Lipinski definition) is 0. The van der Waals surface area contributed by atoms with Gasteiger partial charge in [0.2, 0.25) is 5.91 Å². The summed E-state index contributed by atoms with van der Waals surface area (Å²) >= 11 is 0. The summed E-state index contributed by atoms with van der Waals surface area (Å²) < 4.78 is 5.42. The SMILES string of the molecule is COc1cc([N+](=O)[O-])ccc1N1CCN(CCN(C(=O)C2CCCCC2)c2ccccc2C#N)CC1. The first-order valence-corrected chi connectivity index (χ1v) is 12.6. The van der Waals surface area contributed by atoms with E-state index in [-0.39, 0.29) is 17.5 Å². The van der Waals surface area contributed by atoms with Crippen LogP contribution in [0.5, 0.6) is 5.75 Å². The summed E-state index contributed by atoms with van der Waals surface area (Å²) in [6, 6.07) is 14.3. The number of para-hydroxylation sites is 1. The van der Waals surface area contributed by atoms with E-state index in [2.05, 4.69) is 15.9 Å². The summed E-state index contributed by atoms with van der Waals surface area (Å²) in [6.45, 7) is 4.34. The lowest BCUT2D eigenvalue weighted by Crippen LogP contribution is -2.50. The Balaban J connectivity index is 1.42. The number of non-ortho nitro benzene ring substituents is 1. The topological polar surface area (TPSA) is 103 Å². The molecule has 9 heteroatoms. The van der Waals surface area contributed by atoms with Crippen LogP contribution in [0.3, 0.4) is 0 Å². The van der Waals surface area contributed by atoms with Gasteiger partial charge in [0.05, 0.1) is 35.0 Å². The summed E-state index contributed by atoms with van der Waals surface area (Å²) in [6.07, 6.45) is 5.18. The predicted octanol–water partition coefficient (Wildman–Crippen LogP) is 4.21. The second-order valence-electron chi connectivity index (χ2n) is 9.40. The van der Waals surface area contributed by atoms with Crippen molar-refractivity contribution in [1.82, 2.24) is 4.90 Å². The molecule has 1 saturated heterocycles. The van der Waals surface area contributed by atoms with Crippen LogP contribution in [-0.4, -0.2) is 62.1 Å². The van der Waals surface area contributed by atoms with Gasteiger partial charge in [-0.15, -0.1) is 0 Å². The van der Waals surface area contributed by atoms with Crippen LogP contribution in [0.25, 0.3) is 0 Å². The van der Waals surface area contributed by atoms with E-state index in [1.165, 1.54) is 25.7 Å². The number of nitro benzene ring substituents is 1. The zero-order valence-corrected chi connectivity index (χ0v) is 20.8. The van der Waals surface area contributed by atoms with Crippen LogP contribution in [0.15, 0.2) is 42.5 Å². The van der Waals surface area contributed by atoms with E-state index < -0.39 is 4.92 Å². The van der Waals surface area contributed by atoms with Crippen LogP contribution in [0, 0.1) is 27.4 Å². The van der Waals surface area contributed by atoms with E-state index in [1.54, 1.807) is 12.1 Å². The van der Waals surface area contributed by atoms with Crippen molar-refractivity contribution in [3.05, 3.63) is 58.1 Å². The van der Waals surface area contributed by atoms with Gasteiger partial charge in [0, 0.05) is 51.3 Å². The van der Waals surface area contributed by atoms with Crippen molar-refractivity contribution in [1.29, 1.82) is 5.26 Å². The lowest BCUT2D eigenvalue weighted by molar-refractivity contribution is -0.384. The molecule has 1 heterocycles. The van der Waals surface area contributed by atoms with E-state index in [0.717, 1.165) is 57.5 Å². The van der Waals surface area contributed by atoms with Crippen LogP contribution in [0.2, 0.25) is 0 Å². The highest BCUT2D eigenvalue weighted by atomic mass is 16.6. The van der Waals surface area contributed by atoms with Gasteiger partial charge in [0.25, 0.3) is 5.69 Å². The van der Waals surface area contributed by atoms with Crippen molar-refractivity contribution >= 4 is 23.0 Å². The van der Waals surface area contributed by atoms with E-state index in [4.69, 9.17) is 4.74 Å². The van der Waals surface area contributed by atoms with Gasteiger partial charge in [0.1, 0.15) is 11.8 Å². The lowest BCUT2D eigenvalue weighted by atomic mass is 9.88. The number of carbonyl (C=O) groups excluding carboxylic acids is 1. The molecule has 4 rings (SSSR count). The molecule has 0 bridgehead atoms. The minimum atomic E-state index is -0.422. The van der Waals surface area contributed by atoms with E-state index in [9.17, 15) is 20.2 Å². The highest BCUT2D eigenvalue weighted by Crippen LogP contribution is 2.33. The molecule has 1 amide bonds. The Morgan fingerprint density at radius 2 is 1.86 bits per heavy atom. The Kier molecular flexibility index (Phi) is 8.39. The van der Waals surface area contributed by atoms with Gasteiger partial charge in [-0.1, -0.05) is 31.4 Å². The molecule has 0 spiro atoms. The number of hydrogen-bond acceptors (Lipinski definition) is 7. The van der Waals surface area contributed by atoms with E-state index in [1.807, 2.05) is 23.1 Å². The van der Waals surface area contributed by atoms with Gasteiger partial charge in [-0.25, -0.2) is 0 Å². The number of nitrogens with zero attached hydrogens (tertiary/aromatic N) is 5. The first-order chi connectivity index (χ1) is 17.5. The number of carbonyl (C=O) groups is 1. The number of benzene rings is 2. The number of piperazine rings is 1. The largest absolute Gasteiger partial charge is 0.494 e. The number of nitro groups is 1. The molecule has 0 radical (unpaired) electrons. The molecule has 2 aromatic carbocycles. The average Bonchev–Trinajstić information content (AvgIpc) is 2.93. The van der Waals surface area contributed by atoms with Crippen LogP contribution in [0.4, 0.5) is 17.1 Å². The Bertz CT molecular complexity index is 1120. The second-order valence-corrected chi connectivity index (χ2v) is 9.40. The van der Waals surface area contributed by atoms with Crippen molar-refractivity contribution in [3.63, 3.8) is 0 Å². The molecule has 1 aliphatic carbocycles. The average molecular weight is 492 g/mol. The van der Waals surface area contributed by atoms with E-state index >= 15 is 0 Å². The molecule has 0 N–H and O–H groups in total. The van der Waals surface area contributed by atoms with Crippen molar-refractivity contribution in [2.24, 2.45) is 5.92 Å². The minimum absolute atomic E-state index is 0.00890. The number of methoxy groups -OCH3 is 1. The molecule has 36 heavy (non-hydrogen) atoms. The molecule has 2 fully saturated rings. The summed E-state index contributed by atoms with van der Waals surface area (Å²) in [4.78, 5) is 30.6. The standard InChI is InChI=1S/C27H33N5O4/c1-36-26-19-23(32(34)35)11-12-25(26)30-16-13-29(14-17-30)15-18-31(24-10-6-5-9-22(24)20-28)27(33)21-7-3-2-4-8-21/h5-6,9-12,19,21H,2-4,7-8,13-18H2,1H3. The molecule has 0 unspecified atom stereocenters. The highest BCUT2D eigenvalue weighted by molar-refractivity contribution is 5.96. The number of rotatable bonds is 8. The maximum atomic E-state index is 13.6. The fraction of sp³-hybridized carbons (Fsp3) is 0.481. The summed E-state index contributed by atoms with van der Waals surface area (Å²) in [7, 11) is 1.52. The second kappa shape index (κ2) is 11.9. The Morgan fingerprint density at radius 1 is 1.14 bits per heavy atom. The van der Waals surface area contributed by atoms with Gasteiger partial charge in [-0.05, 0) is 31.0 Å². The summed E-state index contributed by atoms with van der Waals surface area (Å²) in [5, 5.41) is 20.8. The first-order valence-electron chi connectivity index (χ1n) is 12.6. The molecule has 1 aliphatic heterocycles. The zero-order chi connectivity index (χ0) is 25.5. The Labute approximate surface area is 212 Å². The first kappa shape index (κ1) is 25.5. The third-order valence-corrected chi connectivity index (χ3v) is 7.26. The normalized spacial score (nSPS) is 16.8.